The highest BCUT2D eigenvalue weighted by Crippen LogP contribution is 2.13. The maximum Gasteiger partial charge on any atom is 0.319 e. The van der Waals surface area contributed by atoms with E-state index in [1.807, 2.05) is 0 Å². The van der Waals surface area contributed by atoms with Gasteiger partial charge in [-0.3, -0.25) is 4.79 Å². The van der Waals surface area contributed by atoms with Crippen LogP contribution >= 0.6 is 0 Å². The molecule has 2 N–H and O–H groups in total. The Hall–Kier alpha value is -0.570. The summed E-state index contributed by atoms with van der Waals surface area (Å²) in [4.78, 5) is 10.8. The summed E-state index contributed by atoms with van der Waals surface area (Å²) >= 11 is 0. The number of nitrogens with two attached hydrogens (primary N) is 1. The number of hydrogen-bond donors (Lipinski definition) is 1. The minimum Gasteiger partial charge on any atom is -0.465 e. The molecule has 0 aromatic heterocycles. The van der Waals surface area contributed by atoms with E-state index in [2.05, 4.69) is 6.92 Å². The summed E-state index contributed by atoms with van der Waals surface area (Å²) in [6, 6.07) is 0. The molecule has 0 saturated heterocycles. The van der Waals surface area contributed by atoms with Gasteiger partial charge in [-0.05, 0) is 6.42 Å². The van der Waals surface area contributed by atoms with Crippen LogP contribution in [0.5, 0.6) is 0 Å². The van der Waals surface area contributed by atoms with Gasteiger partial charge in [0.05, 0.1) is 13.2 Å². The summed E-state index contributed by atoms with van der Waals surface area (Å²) in [6.07, 6.45) is 21.7. The van der Waals surface area contributed by atoms with Gasteiger partial charge in [0.1, 0.15) is 0 Å². The molecule has 0 aliphatic carbocycles. The lowest BCUT2D eigenvalue weighted by Gasteiger charge is -2.04. The van der Waals surface area contributed by atoms with Gasteiger partial charge in [0.15, 0.2) is 0 Å². The lowest BCUT2D eigenvalue weighted by atomic mass is 10.0. The lowest BCUT2D eigenvalue weighted by molar-refractivity contribution is -0.142. The second-order valence-electron chi connectivity index (χ2n) is 6.73. The molecule has 0 aliphatic heterocycles. The van der Waals surface area contributed by atoms with Crippen molar-refractivity contribution in [2.45, 2.75) is 110 Å². The average molecular weight is 328 g/mol. The van der Waals surface area contributed by atoms with Crippen LogP contribution in [0.25, 0.3) is 0 Å². The molecule has 0 aromatic rings. The SMILES string of the molecule is CCCCCCCCCCCCCCCCCCOC(=O)CN. The number of carbonyl (C=O) groups is 1. The Morgan fingerprint density at radius 1 is 0.652 bits per heavy atom. The van der Waals surface area contributed by atoms with Crippen LogP contribution in [0.3, 0.4) is 0 Å². The van der Waals surface area contributed by atoms with Gasteiger partial charge in [-0.25, -0.2) is 0 Å². The summed E-state index contributed by atoms with van der Waals surface area (Å²) in [5, 5.41) is 0. The van der Waals surface area contributed by atoms with Crippen molar-refractivity contribution >= 4 is 5.97 Å². The Bertz CT molecular complexity index is 244. The first-order valence-corrected chi connectivity index (χ1v) is 10.2. The van der Waals surface area contributed by atoms with E-state index >= 15 is 0 Å². The van der Waals surface area contributed by atoms with Crippen molar-refractivity contribution in [2.24, 2.45) is 5.73 Å². The number of unbranched alkanes of at least 4 members (excludes halogenated alkanes) is 15. The van der Waals surface area contributed by atoms with Crippen molar-refractivity contribution in [1.82, 2.24) is 0 Å². The fraction of sp³-hybridized carbons (Fsp3) is 0.950. The molecule has 0 atom stereocenters. The predicted octanol–water partition coefficient (Wildman–Crippen LogP) is 5.75. The van der Waals surface area contributed by atoms with E-state index in [9.17, 15) is 4.79 Å². The van der Waals surface area contributed by atoms with Crippen molar-refractivity contribution in [2.75, 3.05) is 13.2 Å². The molecule has 0 aromatic carbocycles. The van der Waals surface area contributed by atoms with Crippen LogP contribution in [-0.4, -0.2) is 19.1 Å². The van der Waals surface area contributed by atoms with Crippen LogP contribution in [-0.2, 0) is 9.53 Å². The number of esters is 1. The quantitative estimate of drug-likeness (QED) is 0.257. The second-order valence-corrected chi connectivity index (χ2v) is 6.73. The molecule has 0 aliphatic rings. The fourth-order valence-electron chi connectivity index (χ4n) is 2.90. The van der Waals surface area contributed by atoms with E-state index in [1.54, 1.807) is 0 Å². The zero-order chi connectivity index (χ0) is 17.0. The third-order valence-electron chi connectivity index (χ3n) is 4.43. The fourth-order valence-corrected chi connectivity index (χ4v) is 2.90. The van der Waals surface area contributed by atoms with Gasteiger partial charge < -0.3 is 10.5 Å². The highest BCUT2D eigenvalue weighted by atomic mass is 16.5. The maximum absolute atomic E-state index is 10.8. The molecule has 0 saturated carbocycles. The van der Waals surface area contributed by atoms with Gasteiger partial charge in [-0.15, -0.1) is 0 Å². The van der Waals surface area contributed by atoms with Gasteiger partial charge in [0.2, 0.25) is 0 Å². The molecule has 138 valence electrons. The van der Waals surface area contributed by atoms with Crippen LogP contribution in [0.4, 0.5) is 0 Å². The minimum absolute atomic E-state index is 0.00113. The Morgan fingerprint density at radius 3 is 1.35 bits per heavy atom. The minimum atomic E-state index is -0.286. The van der Waals surface area contributed by atoms with Crippen LogP contribution in [0.15, 0.2) is 0 Å². The number of ether oxygens (including phenoxy) is 1. The molecule has 23 heavy (non-hydrogen) atoms. The second kappa shape index (κ2) is 19.5. The normalized spacial score (nSPS) is 10.9. The first kappa shape index (κ1) is 22.4. The molecule has 3 nitrogen and oxygen atoms in total. The molecule has 3 heteroatoms. The summed E-state index contributed by atoms with van der Waals surface area (Å²) < 4.78 is 4.95. The third-order valence-corrected chi connectivity index (χ3v) is 4.43. The van der Waals surface area contributed by atoms with Gasteiger partial charge in [0, 0.05) is 0 Å². The lowest BCUT2D eigenvalue weighted by Crippen LogP contribution is -2.17. The third kappa shape index (κ3) is 19.4. The number of hydrogen-bond acceptors (Lipinski definition) is 3. The molecular formula is C20H41NO2. The summed E-state index contributed by atoms with van der Waals surface area (Å²) in [6.45, 7) is 2.81. The van der Waals surface area contributed by atoms with Crippen molar-refractivity contribution in [3.05, 3.63) is 0 Å². The molecule has 0 bridgehead atoms. The molecular weight excluding hydrogens is 286 g/mol. The molecule has 0 rings (SSSR count). The van der Waals surface area contributed by atoms with E-state index in [-0.39, 0.29) is 12.5 Å². The number of carbonyl (C=O) groups excluding carboxylic acids is 1. The van der Waals surface area contributed by atoms with Gasteiger partial charge >= 0.3 is 5.97 Å². The smallest absolute Gasteiger partial charge is 0.319 e. The molecule has 0 amide bonds. The molecule has 0 radical (unpaired) electrons. The van der Waals surface area contributed by atoms with Gasteiger partial charge in [0.25, 0.3) is 0 Å². The zero-order valence-electron chi connectivity index (χ0n) is 15.6. The Morgan fingerprint density at radius 2 is 1.00 bits per heavy atom. The molecule has 0 spiro atoms. The van der Waals surface area contributed by atoms with E-state index in [1.165, 1.54) is 89.9 Å². The molecule has 0 heterocycles. The van der Waals surface area contributed by atoms with Crippen molar-refractivity contribution in [3.8, 4) is 0 Å². The van der Waals surface area contributed by atoms with Gasteiger partial charge in [-0.2, -0.15) is 0 Å². The molecule has 0 unspecified atom stereocenters. The van der Waals surface area contributed by atoms with E-state index in [0.29, 0.717) is 6.61 Å². The molecule has 0 fully saturated rings. The largest absolute Gasteiger partial charge is 0.465 e. The Balaban J connectivity index is 2.99. The van der Waals surface area contributed by atoms with Crippen LogP contribution in [0.2, 0.25) is 0 Å². The number of rotatable bonds is 18. The van der Waals surface area contributed by atoms with Crippen molar-refractivity contribution in [1.29, 1.82) is 0 Å². The van der Waals surface area contributed by atoms with Crippen LogP contribution in [0.1, 0.15) is 110 Å². The Labute approximate surface area is 144 Å². The maximum atomic E-state index is 10.8. The highest BCUT2D eigenvalue weighted by Gasteiger charge is 1.98. The van der Waals surface area contributed by atoms with E-state index in [0.717, 1.165) is 12.8 Å². The van der Waals surface area contributed by atoms with E-state index < -0.39 is 0 Å². The van der Waals surface area contributed by atoms with Crippen molar-refractivity contribution in [3.63, 3.8) is 0 Å². The average Bonchev–Trinajstić information content (AvgIpc) is 2.57. The summed E-state index contributed by atoms with van der Waals surface area (Å²) in [7, 11) is 0. The first-order chi connectivity index (χ1) is 11.3. The first-order valence-electron chi connectivity index (χ1n) is 10.2. The topological polar surface area (TPSA) is 52.3 Å². The van der Waals surface area contributed by atoms with Crippen LogP contribution in [0, 0.1) is 0 Å². The van der Waals surface area contributed by atoms with E-state index in [4.69, 9.17) is 10.5 Å². The highest BCUT2D eigenvalue weighted by molar-refractivity contribution is 5.71. The zero-order valence-corrected chi connectivity index (χ0v) is 15.6. The monoisotopic (exact) mass is 327 g/mol. The predicted molar refractivity (Wildman–Crippen MR) is 99.6 cm³/mol. The summed E-state index contributed by atoms with van der Waals surface area (Å²) in [5.41, 5.74) is 5.17. The standard InChI is InChI=1S/C20H41NO2/c1-2-3-4-5-6-7-8-9-10-11-12-13-14-15-16-17-18-23-20(22)19-21/h2-19,21H2,1H3. The van der Waals surface area contributed by atoms with Crippen molar-refractivity contribution < 1.29 is 9.53 Å². The Kier molecular flexibility index (Phi) is 19.0. The summed E-state index contributed by atoms with van der Waals surface area (Å²) in [5.74, 6) is -0.286. The van der Waals surface area contributed by atoms with Gasteiger partial charge in [-0.1, -0.05) is 103 Å². The van der Waals surface area contributed by atoms with Crippen LogP contribution < -0.4 is 5.73 Å².